The average molecular weight is 347 g/mol. The third kappa shape index (κ3) is 3.13. The van der Waals surface area contributed by atoms with Crippen LogP contribution < -0.4 is 5.32 Å². The summed E-state index contributed by atoms with van der Waals surface area (Å²) in [4.78, 5) is 0. The zero-order chi connectivity index (χ0) is 13.1. The van der Waals surface area contributed by atoms with E-state index in [1.54, 1.807) is 6.07 Å². The predicted molar refractivity (Wildman–Crippen MR) is 78.9 cm³/mol. The number of hydrogen-bond donors (Lipinski definition) is 1. The Kier molecular flexibility index (Phi) is 4.43. The van der Waals surface area contributed by atoms with E-state index in [1.807, 2.05) is 12.1 Å². The molecule has 0 saturated heterocycles. The highest BCUT2D eigenvalue weighted by molar-refractivity contribution is 9.10. The van der Waals surface area contributed by atoms with E-state index in [0.717, 1.165) is 16.6 Å². The van der Waals surface area contributed by atoms with Crippen molar-refractivity contribution >= 4 is 50.5 Å². The van der Waals surface area contributed by atoms with Crippen molar-refractivity contribution in [3.8, 4) is 0 Å². The molecular formula is C12H10BrCl2N3. The van der Waals surface area contributed by atoms with Gasteiger partial charge in [-0.15, -0.1) is 10.2 Å². The largest absolute Gasteiger partial charge is 0.353 e. The second-order valence-corrected chi connectivity index (χ2v) is 5.31. The van der Waals surface area contributed by atoms with E-state index in [1.165, 1.54) is 5.56 Å². The fourth-order valence-electron chi connectivity index (χ4n) is 1.56. The maximum Gasteiger partial charge on any atom is 0.175 e. The van der Waals surface area contributed by atoms with E-state index in [0.29, 0.717) is 16.0 Å². The highest BCUT2D eigenvalue weighted by Gasteiger charge is 2.07. The smallest absolute Gasteiger partial charge is 0.175 e. The molecular weight excluding hydrogens is 337 g/mol. The van der Waals surface area contributed by atoms with Crippen LogP contribution >= 0.6 is 39.1 Å². The highest BCUT2D eigenvalue weighted by atomic mass is 79.9. The third-order valence-electron chi connectivity index (χ3n) is 2.44. The molecule has 0 aliphatic heterocycles. The molecule has 0 aliphatic rings. The van der Waals surface area contributed by atoms with Gasteiger partial charge in [0.05, 0.1) is 5.69 Å². The molecule has 1 aromatic carbocycles. The van der Waals surface area contributed by atoms with Gasteiger partial charge in [0.25, 0.3) is 0 Å². The minimum atomic E-state index is 0.296. The van der Waals surface area contributed by atoms with Crippen LogP contribution in [-0.4, -0.2) is 10.2 Å². The second kappa shape index (κ2) is 5.87. The lowest BCUT2D eigenvalue weighted by Crippen LogP contribution is -1.98. The van der Waals surface area contributed by atoms with Gasteiger partial charge in [0, 0.05) is 16.2 Å². The minimum Gasteiger partial charge on any atom is -0.353 e. The van der Waals surface area contributed by atoms with Crippen LogP contribution in [0.25, 0.3) is 0 Å². The molecule has 18 heavy (non-hydrogen) atoms. The zero-order valence-electron chi connectivity index (χ0n) is 9.54. The van der Waals surface area contributed by atoms with Crippen molar-refractivity contribution in [2.45, 2.75) is 13.3 Å². The van der Waals surface area contributed by atoms with Crippen LogP contribution in [0.3, 0.4) is 0 Å². The van der Waals surface area contributed by atoms with E-state index in [9.17, 15) is 0 Å². The second-order valence-electron chi connectivity index (χ2n) is 3.65. The molecule has 1 aromatic heterocycles. The summed E-state index contributed by atoms with van der Waals surface area (Å²) in [5.41, 5.74) is 2.80. The van der Waals surface area contributed by atoms with Gasteiger partial charge in [-0.25, -0.2) is 0 Å². The maximum atomic E-state index is 5.97. The number of nitrogens with zero attached hydrogens (tertiary/aromatic N) is 2. The molecule has 2 aromatic rings. The quantitative estimate of drug-likeness (QED) is 0.863. The molecule has 0 aliphatic carbocycles. The van der Waals surface area contributed by atoms with Gasteiger partial charge < -0.3 is 5.32 Å². The first kappa shape index (κ1) is 13.6. The molecule has 0 amide bonds. The van der Waals surface area contributed by atoms with Gasteiger partial charge >= 0.3 is 0 Å². The number of rotatable bonds is 3. The van der Waals surface area contributed by atoms with Crippen LogP contribution in [0.2, 0.25) is 10.3 Å². The van der Waals surface area contributed by atoms with Gasteiger partial charge in [-0.1, -0.05) is 46.1 Å². The fraction of sp³-hybridized carbons (Fsp3) is 0.167. The van der Waals surface area contributed by atoms with Crippen LogP contribution in [0.5, 0.6) is 0 Å². The van der Waals surface area contributed by atoms with Crippen LogP contribution in [0.1, 0.15) is 12.5 Å². The monoisotopic (exact) mass is 345 g/mol. The molecule has 0 spiro atoms. The van der Waals surface area contributed by atoms with Crippen molar-refractivity contribution in [3.63, 3.8) is 0 Å². The summed E-state index contributed by atoms with van der Waals surface area (Å²) >= 11 is 15.2. The number of aromatic nitrogens is 2. The van der Waals surface area contributed by atoms with Crippen molar-refractivity contribution in [3.05, 3.63) is 44.6 Å². The molecule has 0 bridgehead atoms. The summed E-state index contributed by atoms with van der Waals surface area (Å²) in [6, 6.07) is 7.66. The molecule has 1 N–H and O–H groups in total. The molecule has 0 saturated carbocycles. The van der Waals surface area contributed by atoms with E-state index in [-0.39, 0.29) is 0 Å². The minimum absolute atomic E-state index is 0.296. The summed E-state index contributed by atoms with van der Waals surface area (Å²) in [7, 11) is 0. The first-order chi connectivity index (χ1) is 8.60. The predicted octanol–water partition coefficient (Wildman–Crippen LogP) is 4.85. The lowest BCUT2D eigenvalue weighted by molar-refractivity contribution is 1.03. The number of aryl methyl sites for hydroxylation is 1. The van der Waals surface area contributed by atoms with Gasteiger partial charge in [0.1, 0.15) is 0 Å². The first-order valence-electron chi connectivity index (χ1n) is 5.34. The number of anilines is 2. The van der Waals surface area contributed by atoms with E-state index >= 15 is 0 Å². The summed E-state index contributed by atoms with van der Waals surface area (Å²) in [6.07, 6.45) is 0.908. The summed E-state index contributed by atoms with van der Waals surface area (Å²) < 4.78 is 1.04. The number of nitrogens with one attached hydrogen (secondary N) is 1. The summed E-state index contributed by atoms with van der Waals surface area (Å²) in [5.74, 6) is 0. The molecule has 0 radical (unpaired) electrons. The van der Waals surface area contributed by atoms with Crippen LogP contribution in [-0.2, 0) is 6.42 Å². The number of benzene rings is 1. The topological polar surface area (TPSA) is 37.8 Å². The molecule has 94 valence electrons. The van der Waals surface area contributed by atoms with Crippen molar-refractivity contribution in [2.75, 3.05) is 5.32 Å². The maximum absolute atomic E-state index is 5.97. The van der Waals surface area contributed by atoms with Crippen molar-refractivity contribution < 1.29 is 0 Å². The van der Waals surface area contributed by atoms with Crippen LogP contribution in [0.4, 0.5) is 11.4 Å². The molecule has 0 fully saturated rings. The molecule has 6 heteroatoms. The Labute approximate surface area is 124 Å². The van der Waals surface area contributed by atoms with Gasteiger partial charge in [-0.05, 0) is 30.2 Å². The normalized spacial score (nSPS) is 10.4. The van der Waals surface area contributed by atoms with E-state index in [2.05, 4.69) is 44.4 Å². The van der Waals surface area contributed by atoms with Crippen LogP contribution in [0, 0.1) is 0 Å². The van der Waals surface area contributed by atoms with Crippen molar-refractivity contribution in [2.24, 2.45) is 0 Å². The van der Waals surface area contributed by atoms with Crippen molar-refractivity contribution in [1.82, 2.24) is 10.2 Å². The Morgan fingerprint density at radius 1 is 1.17 bits per heavy atom. The fourth-order valence-corrected chi connectivity index (χ4v) is 2.26. The molecule has 2 rings (SSSR count). The van der Waals surface area contributed by atoms with Gasteiger partial charge in [0.15, 0.2) is 10.3 Å². The molecule has 0 atom stereocenters. The first-order valence-corrected chi connectivity index (χ1v) is 6.89. The average Bonchev–Trinajstić information content (AvgIpc) is 2.36. The standard InChI is InChI=1S/C12H10BrCl2N3/c1-2-7-5-8(13)3-4-9(7)16-10-6-11(14)17-18-12(10)15/h3-6H,2H2,1H3,(H,16,17). The lowest BCUT2D eigenvalue weighted by Gasteiger charge is -2.12. The molecule has 0 unspecified atom stereocenters. The lowest BCUT2D eigenvalue weighted by atomic mass is 10.1. The van der Waals surface area contributed by atoms with Crippen molar-refractivity contribution in [1.29, 1.82) is 0 Å². The van der Waals surface area contributed by atoms with E-state index in [4.69, 9.17) is 23.2 Å². The SMILES string of the molecule is CCc1cc(Br)ccc1Nc1cc(Cl)nnc1Cl. The van der Waals surface area contributed by atoms with E-state index < -0.39 is 0 Å². The van der Waals surface area contributed by atoms with Gasteiger partial charge in [0.2, 0.25) is 0 Å². The Morgan fingerprint density at radius 2 is 1.94 bits per heavy atom. The number of hydrogen-bond acceptors (Lipinski definition) is 3. The summed E-state index contributed by atoms with van der Waals surface area (Å²) in [5, 5.41) is 11.3. The Hall–Kier alpha value is -0.840. The van der Waals surface area contributed by atoms with Crippen LogP contribution in [0.15, 0.2) is 28.7 Å². The summed E-state index contributed by atoms with van der Waals surface area (Å²) in [6.45, 7) is 2.09. The third-order valence-corrected chi connectivity index (χ3v) is 3.39. The molecule has 1 heterocycles. The molecule has 3 nitrogen and oxygen atoms in total. The number of halogens is 3. The Balaban J connectivity index is 2.36. The highest BCUT2D eigenvalue weighted by Crippen LogP contribution is 2.28. The Morgan fingerprint density at radius 3 is 2.67 bits per heavy atom. The Bertz CT molecular complexity index is 575. The van der Waals surface area contributed by atoms with Gasteiger partial charge in [-0.2, -0.15) is 0 Å². The van der Waals surface area contributed by atoms with Gasteiger partial charge in [-0.3, -0.25) is 0 Å². The zero-order valence-corrected chi connectivity index (χ0v) is 12.6.